The molecule has 0 fully saturated rings. The summed E-state index contributed by atoms with van der Waals surface area (Å²) in [6, 6.07) is 21.2. The van der Waals surface area contributed by atoms with Crippen LogP contribution in [0.15, 0.2) is 60.7 Å². The van der Waals surface area contributed by atoms with Crippen LogP contribution in [0.4, 0.5) is 0 Å². The zero-order chi connectivity index (χ0) is 13.4. The van der Waals surface area contributed by atoms with Crippen molar-refractivity contribution in [3.05, 3.63) is 60.7 Å². The first kappa shape index (κ1) is 15.3. The number of phosphoric acid groups is 1. The van der Waals surface area contributed by atoms with Gasteiger partial charge in [0.15, 0.2) is 0 Å². The average Bonchev–Trinajstić information content (AvgIpc) is 2.29. The van der Waals surface area contributed by atoms with Gasteiger partial charge in [-0.25, -0.2) is 4.57 Å². The van der Waals surface area contributed by atoms with Crippen LogP contribution in [0.5, 0.6) is 0 Å². The van der Waals surface area contributed by atoms with Crippen molar-refractivity contribution >= 4 is 15.4 Å². The third-order valence-electron chi connectivity index (χ3n) is 1.59. The van der Waals surface area contributed by atoms with Crippen molar-refractivity contribution < 1.29 is 39.0 Å². The van der Waals surface area contributed by atoms with Gasteiger partial charge in [0.1, 0.15) is 0 Å². The molecule has 0 aliphatic rings. The van der Waals surface area contributed by atoms with Crippen LogP contribution in [0.2, 0.25) is 0 Å². The number of hydrogen-bond acceptors (Lipinski definition) is 1. The first-order chi connectivity index (χ1) is 8.45. The van der Waals surface area contributed by atoms with Crippen LogP contribution >= 0.6 is 7.82 Å². The monoisotopic (exact) mass is 359 g/mol. The minimum atomic E-state index is -4.64. The summed E-state index contributed by atoms with van der Waals surface area (Å²) < 4.78 is 11.7. The van der Waals surface area contributed by atoms with Gasteiger partial charge in [0.25, 0.3) is 0 Å². The molecule has 0 saturated carbocycles. The Bertz CT molecular complexity index is 452. The van der Waals surface area contributed by atoms with Gasteiger partial charge in [-0.1, -0.05) is 0 Å². The SMILES string of the molecule is O=P(O)(O)O.c1cc[c]([Ag][c]2ccccc2)cc1. The van der Waals surface area contributed by atoms with E-state index in [1.54, 1.807) is 0 Å². The van der Waals surface area contributed by atoms with Gasteiger partial charge in [-0.3, -0.25) is 0 Å². The zero-order valence-electron chi connectivity index (χ0n) is 9.27. The topological polar surface area (TPSA) is 77.8 Å². The van der Waals surface area contributed by atoms with Gasteiger partial charge in [-0.15, -0.1) is 0 Å². The fraction of sp³-hybridized carbons (Fsp3) is 0. The van der Waals surface area contributed by atoms with E-state index in [4.69, 9.17) is 19.2 Å². The van der Waals surface area contributed by atoms with Crippen molar-refractivity contribution in [2.75, 3.05) is 0 Å². The molecule has 0 aliphatic heterocycles. The molecule has 18 heavy (non-hydrogen) atoms. The molecule has 0 aliphatic carbocycles. The number of benzene rings is 2. The summed E-state index contributed by atoms with van der Waals surface area (Å²) in [5.41, 5.74) is 0. The summed E-state index contributed by atoms with van der Waals surface area (Å²) in [7, 11) is -4.64. The van der Waals surface area contributed by atoms with E-state index in [0.717, 1.165) is 19.8 Å². The van der Waals surface area contributed by atoms with E-state index in [9.17, 15) is 0 Å². The van der Waals surface area contributed by atoms with E-state index in [-0.39, 0.29) is 0 Å². The Morgan fingerprint density at radius 1 is 0.722 bits per heavy atom. The number of rotatable bonds is 2. The Morgan fingerprint density at radius 3 is 1.28 bits per heavy atom. The molecule has 0 unspecified atom stereocenters. The van der Waals surface area contributed by atoms with Gasteiger partial charge >= 0.3 is 95.8 Å². The molecule has 0 amide bonds. The van der Waals surface area contributed by atoms with E-state index >= 15 is 0 Å². The summed E-state index contributed by atoms with van der Waals surface area (Å²) in [4.78, 5) is 21.6. The summed E-state index contributed by atoms with van der Waals surface area (Å²) in [6.45, 7) is 0. The Balaban J connectivity index is 0.000000280. The van der Waals surface area contributed by atoms with Crippen molar-refractivity contribution in [3.63, 3.8) is 0 Å². The van der Waals surface area contributed by atoms with E-state index in [1.807, 2.05) is 0 Å². The first-order valence-electron chi connectivity index (χ1n) is 4.91. The van der Waals surface area contributed by atoms with Crippen LogP contribution in [-0.2, 0) is 24.3 Å². The van der Waals surface area contributed by atoms with Gasteiger partial charge in [-0.2, -0.15) is 0 Å². The minimum absolute atomic E-state index is 0.757. The molecular weight excluding hydrogens is 347 g/mol. The Morgan fingerprint density at radius 2 is 1.00 bits per heavy atom. The molecule has 0 spiro atoms. The van der Waals surface area contributed by atoms with Crippen LogP contribution < -0.4 is 7.56 Å². The molecule has 0 bridgehead atoms. The molecule has 101 valence electrons. The molecule has 0 heterocycles. The quantitative estimate of drug-likeness (QED) is 0.547. The molecule has 0 aromatic heterocycles. The fourth-order valence-electron chi connectivity index (χ4n) is 1.00. The average molecular weight is 360 g/mol. The normalized spacial score (nSPS) is 10.6. The molecule has 2 aromatic rings. The van der Waals surface area contributed by atoms with Crippen molar-refractivity contribution in [1.29, 1.82) is 0 Å². The predicted molar refractivity (Wildman–Crippen MR) is 66.4 cm³/mol. The fourth-order valence-corrected chi connectivity index (χ4v) is 2.56. The van der Waals surface area contributed by atoms with Crippen LogP contribution in [-0.4, -0.2) is 14.7 Å². The standard InChI is InChI=1S/2C6H5.Ag.H3O4P/c2*1-2-4-6-5-3-1;;1-5(2,3)4/h2*1-5H;;(H3,1,2,3,4). The number of hydrogen-bond donors (Lipinski definition) is 3. The molecule has 3 N–H and O–H groups in total. The summed E-state index contributed by atoms with van der Waals surface area (Å²) in [5.74, 6) is 0. The Kier molecular flexibility index (Phi) is 6.54. The van der Waals surface area contributed by atoms with E-state index in [1.165, 1.54) is 7.56 Å². The van der Waals surface area contributed by atoms with E-state index in [0.29, 0.717) is 0 Å². The second-order valence-corrected chi connectivity index (χ2v) is 6.20. The third-order valence-corrected chi connectivity index (χ3v) is 3.43. The van der Waals surface area contributed by atoms with Crippen molar-refractivity contribution in [1.82, 2.24) is 0 Å². The van der Waals surface area contributed by atoms with E-state index < -0.39 is 7.82 Å². The van der Waals surface area contributed by atoms with Crippen molar-refractivity contribution in [2.24, 2.45) is 0 Å². The van der Waals surface area contributed by atoms with Gasteiger partial charge in [0.05, 0.1) is 0 Å². The van der Waals surface area contributed by atoms with Crippen LogP contribution in [0.1, 0.15) is 0 Å². The summed E-state index contributed by atoms with van der Waals surface area (Å²) in [5, 5.41) is 0. The second kappa shape index (κ2) is 7.67. The van der Waals surface area contributed by atoms with Crippen LogP contribution in [0.25, 0.3) is 0 Å². The molecule has 0 radical (unpaired) electrons. The zero-order valence-corrected chi connectivity index (χ0v) is 11.6. The molecule has 4 nitrogen and oxygen atoms in total. The molecule has 0 atom stereocenters. The first-order valence-corrected chi connectivity index (χ1v) is 7.95. The maximum atomic E-state index is 8.88. The second-order valence-electron chi connectivity index (χ2n) is 3.09. The summed E-state index contributed by atoms with van der Waals surface area (Å²) >= 11 is 0.757. The van der Waals surface area contributed by atoms with Gasteiger partial charge < -0.3 is 14.7 Å². The third kappa shape index (κ3) is 8.39. The van der Waals surface area contributed by atoms with Crippen molar-refractivity contribution in [3.8, 4) is 0 Å². The van der Waals surface area contributed by atoms with Gasteiger partial charge in [0, 0.05) is 0 Å². The van der Waals surface area contributed by atoms with Crippen molar-refractivity contribution in [2.45, 2.75) is 0 Å². The molecule has 2 rings (SSSR count). The van der Waals surface area contributed by atoms with Crippen LogP contribution in [0.3, 0.4) is 0 Å². The molecule has 0 saturated heterocycles. The Hall–Kier alpha value is -0.710. The molecule has 2 aromatic carbocycles. The molecular formula is C12H13AgO4P. The van der Waals surface area contributed by atoms with E-state index in [2.05, 4.69) is 60.7 Å². The Labute approximate surface area is 115 Å². The maximum absolute atomic E-state index is 8.88. The predicted octanol–water partition coefficient (Wildman–Crippen LogP) is 0.791. The van der Waals surface area contributed by atoms with Crippen LogP contribution in [0, 0.1) is 0 Å². The van der Waals surface area contributed by atoms with Gasteiger partial charge in [0.2, 0.25) is 0 Å². The van der Waals surface area contributed by atoms with Gasteiger partial charge in [-0.05, 0) is 0 Å². The summed E-state index contributed by atoms with van der Waals surface area (Å²) in [6.07, 6.45) is 0. The molecule has 6 heteroatoms.